The van der Waals surface area contributed by atoms with Crippen molar-refractivity contribution in [2.24, 2.45) is 11.8 Å². The molecule has 5 nitrogen and oxygen atoms in total. The summed E-state index contributed by atoms with van der Waals surface area (Å²) in [6.45, 7) is 1.67. The minimum Gasteiger partial charge on any atom is -0.511 e. The van der Waals surface area contributed by atoms with Crippen molar-refractivity contribution in [3.8, 4) is 0 Å². The van der Waals surface area contributed by atoms with Crippen LogP contribution in [-0.4, -0.2) is 29.2 Å². The van der Waals surface area contributed by atoms with Gasteiger partial charge in [-0.1, -0.05) is 0 Å². The van der Waals surface area contributed by atoms with Crippen LogP contribution < -0.4 is 0 Å². The summed E-state index contributed by atoms with van der Waals surface area (Å²) in [7, 11) is 0. The summed E-state index contributed by atoms with van der Waals surface area (Å²) in [5.74, 6) is -7.46. The molecule has 2 aliphatic rings. The first-order chi connectivity index (χ1) is 10.4. The first-order valence-electron chi connectivity index (χ1n) is 8.10. The molecule has 1 saturated carbocycles. The second-order valence-corrected chi connectivity index (χ2v) is 4.06. The SMILES string of the molecule is [2H]C1([2H])C([2H])([2H])C1([2H])C(=O)C1=C(O)CC(C(=O)OCC)CC1=O. The molecule has 98 valence electrons. The lowest BCUT2D eigenvalue weighted by Gasteiger charge is -2.21. The molecule has 0 aromatic heterocycles. The summed E-state index contributed by atoms with van der Waals surface area (Å²) in [5, 5.41) is 9.93. The number of Topliss-reactive ketones (excluding diaryl/α,β-unsaturated/α-hetero) is 2. The van der Waals surface area contributed by atoms with Crippen LogP contribution in [0.1, 0.15) is 39.4 Å². The molecule has 1 atom stereocenters. The van der Waals surface area contributed by atoms with Crippen molar-refractivity contribution in [2.75, 3.05) is 6.61 Å². The number of allylic oxidation sites excluding steroid dienone is 2. The van der Waals surface area contributed by atoms with E-state index in [1.807, 2.05) is 0 Å². The number of carbonyl (C=O) groups excluding carboxylic acids is 3. The largest absolute Gasteiger partial charge is 0.511 e. The lowest BCUT2D eigenvalue weighted by molar-refractivity contribution is -0.150. The van der Waals surface area contributed by atoms with Gasteiger partial charge < -0.3 is 9.84 Å². The number of rotatable bonds is 4. The van der Waals surface area contributed by atoms with Crippen LogP contribution in [0.3, 0.4) is 0 Å². The average Bonchev–Trinajstić information content (AvgIpc) is 2.76. The Labute approximate surface area is 112 Å². The Balaban J connectivity index is 2.31. The average molecular weight is 257 g/mol. The van der Waals surface area contributed by atoms with E-state index < -0.39 is 59.8 Å². The van der Waals surface area contributed by atoms with E-state index >= 15 is 0 Å². The molecule has 0 aliphatic heterocycles. The Morgan fingerprint density at radius 3 is 2.67 bits per heavy atom. The Hall–Kier alpha value is -1.65. The third-order valence-electron chi connectivity index (χ3n) is 2.76. The van der Waals surface area contributed by atoms with Crippen molar-refractivity contribution in [3.05, 3.63) is 11.3 Å². The third kappa shape index (κ3) is 2.44. The Morgan fingerprint density at radius 1 is 1.50 bits per heavy atom. The summed E-state index contributed by atoms with van der Waals surface area (Å²) >= 11 is 0. The fourth-order valence-electron chi connectivity index (χ4n) is 1.85. The molecule has 0 heterocycles. The Bertz CT molecular complexity index is 610. The van der Waals surface area contributed by atoms with E-state index in [4.69, 9.17) is 11.6 Å². The van der Waals surface area contributed by atoms with Gasteiger partial charge in [0.2, 0.25) is 0 Å². The van der Waals surface area contributed by atoms with Crippen molar-refractivity contribution in [1.29, 1.82) is 0 Å². The van der Waals surface area contributed by atoms with Gasteiger partial charge in [0, 0.05) is 25.6 Å². The van der Waals surface area contributed by atoms with E-state index in [1.165, 1.54) is 0 Å². The van der Waals surface area contributed by atoms with Crippen LogP contribution >= 0.6 is 0 Å². The molecule has 0 saturated heterocycles. The van der Waals surface area contributed by atoms with Gasteiger partial charge in [-0.15, -0.1) is 0 Å². The van der Waals surface area contributed by atoms with Gasteiger partial charge in [-0.2, -0.15) is 0 Å². The first-order valence-corrected chi connectivity index (χ1v) is 5.60. The molecule has 1 fully saturated rings. The molecule has 0 amide bonds. The maximum Gasteiger partial charge on any atom is 0.309 e. The van der Waals surface area contributed by atoms with Crippen LogP contribution in [0.4, 0.5) is 0 Å². The van der Waals surface area contributed by atoms with Crippen molar-refractivity contribution in [1.82, 2.24) is 0 Å². The van der Waals surface area contributed by atoms with Crippen LogP contribution in [0.15, 0.2) is 11.3 Å². The molecular formula is C13H16O5. The quantitative estimate of drug-likeness (QED) is 0.607. The predicted octanol–water partition coefficient (Wildman–Crippen LogP) is 1.32. The Morgan fingerprint density at radius 2 is 2.17 bits per heavy atom. The third-order valence-corrected chi connectivity index (χ3v) is 2.76. The van der Waals surface area contributed by atoms with Crippen molar-refractivity contribution >= 4 is 17.5 Å². The molecular weight excluding hydrogens is 236 g/mol. The highest BCUT2D eigenvalue weighted by Gasteiger charge is 2.40. The molecule has 2 rings (SSSR count). The highest BCUT2D eigenvalue weighted by Crippen LogP contribution is 2.36. The number of aliphatic hydroxyl groups is 1. The zero-order valence-corrected chi connectivity index (χ0v) is 9.78. The van der Waals surface area contributed by atoms with E-state index in [2.05, 4.69) is 0 Å². The summed E-state index contributed by atoms with van der Waals surface area (Å²) in [4.78, 5) is 36.0. The minimum absolute atomic E-state index is 0.0933. The maximum atomic E-state index is 12.3. The van der Waals surface area contributed by atoms with Gasteiger partial charge in [0.25, 0.3) is 0 Å². The lowest BCUT2D eigenvalue weighted by Crippen LogP contribution is -2.30. The van der Waals surface area contributed by atoms with Crippen LogP contribution in [-0.2, 0) is 19.1 Å². The normalized spacial score (nSPS) is 35.5. The van der Waals surface area contributed by atoms with E-state index in [0.717, 1.165) is 0 Å². The maximum absolute atomic E-state index is 12.3. The molecule has 0 aromatic rings. The monoisotopic (exact) mass is 257 g/mol. The topological polar surface area (TPSA) is 80.7 Å². The van der Waals surface area contributed by atoms with Gasteiger partial charge in [0.15, 0.2) is 11.6 Å². The molecule has 5 heteroatoms. The van der Waals surface area contributed by atoms with E-state index in [1.54, 1.807) is 6.92 Å². The zero-order valence-electron chi connectivity index (χ0n) is 14.8. The fourth-order valence-corrected chi connectivity index (χ4v) is 1.85. The second kappa shape index (κ2) is 4.92. The number of ether oxygens (including phenoxy) is 1. The smallest absolute Gasteiger partial charge is 0.309 e. The molecule has 0 spiro atoms. The van der Waals surface area contributed by atoms with Crippen LogP contribution in [0.25, 0.3) is 0 Å². The van der Waals surface area contributed by atoms with Gasteiger partial charge in [-0.25, -0.2) is 0 Å². The molecule has 0 aromatic carbocycles. The summed E-state index contributed by atoms with van der Waals surface area (Å²) < 4.78 is 42.3. The summed E-state index contributed by atoms with van der Waals surface area (Å²) in [6, 6.07) is 0. The van der Waals surface area contributed by atoms with Gasteiger partial charge in [-0.05, 0) is 19.7 Å². The number of esters is 1. The van der Waals surface area contributed by atoms with Gasteiger partial charge in [-0.3, -0.25) is 14.4 Å². The van der Waals surface area contributed by atoms with E-state index in [0.29, 0.717) is 0 Å². The number of aliphatic hydroxyl groups excluding tert-OH is 1. The minimum atomic E-state index is -2.78. The summed E-state index contributed by atoms with van der Waals surface area (Å²) in [6.07, 6.45) is -6.27. The lowest BCUT2D eigenvalue weighted by atomic mass is 9.84. The first kappa shape index (κ1) is 7.71. The van der Waals surface area contributed by atoms with E-state index in [9.17, 15) is 19.5 Å². The fraction of sp³-hybridized carbons (Fsp3) is 0.615. The highest BCUT2D eigenvalue weighted by molar-refractivity contribution is 6.22. The molecule has 0 bridgehead atoms. The molecule has 1 unspecified atom stereocenters. The van der Waals surface area contributed by atoms with Crippen molar-refractivity contribution in [3.63, 3.8) is 0 Å². The second-order valence-electron chi connectivity index (χ2n) is 4.06. The van der Waals surface area contributed by atoms with E-state index in [-0.39, 0.29) is 13.0 Å². The Kier molecular flexibility index (Phi) is 2.11. The predicted molar refractivity (Wildman–Crippen MR) is 61.7 cm³/mol. The van der Waals surface area contributed by atoms with Gasteiger partial charge in [0.05, 0.1) is 18.1 Å². The van der Waals surface area contributed by atoms with Crippen molar-refractivity contribution < 1.29 is 31.1 Å². The number of hydrogen-bond acceptors (Lipinski definition) is 5. The molecule has 2 aliphatic carbocycles. The molecule has 1 N–H and O–H groups in total. The number of hydrogen-bond donors (Lipinski definition) is 1. The zero-order chi connectivity index (χ0) is 17.8. The number of ketones is 2. The van der Waals surface area contributed by atoms with Gasteiger partial charge >= 0.3 is 5.97 Å². The molecule has 0 radical (unpaired) electrons. The number of carbonyl (C=O) groups is 3. The van der Waals surface area contributed by atoms with Crippen LogP contribution in [0.5, 0.6) is 0 Å². The van der Waals surface area contributed by atoms with Gasteiger partial charge in [0.1, 0.15) is 5.76 Å². The van der Waals surface area contributed by atoms with Crippen LogP contribution in [0.2, 0.25) is 0 Å². The molecule has 18 heavy (non-hydrogen) atoms. The van der Waals surface area contributed by atoms with Crippen LogP contribution in [0, 0.1) is 11.8 Å². The van der Waals surface area contributed by atoms with Crippen molar-refractivity contribution in [2.45, 2.75) is 32.5 Å². The standard InChI is InChI=1S/C13H16O5/c1-2-18-13(17)8-5-9(14)11(10(15)6-8)12(16)7-3-4-7/h7-8,14H,2-6H2,1H3/i3D2,4D2,7D. The summed E-state index contributed by atoms with van der Waals surface area (Å²) in [5.41, 5.74) is -0.786. The highest BCUT2D eigenvalue weighted by atomic mass is 16.5.